The van der Waals surface area contributed by atoms with Crippen LogP contribution in [0.3, 0.4) is 0 Å². The Labute approximate surface area is 194 Å². The summed E-state index contributed by atoms with van der Waals surface area (Å²) >= 11 is 8.64. The van der Waals surface area contributed by atoms with E-state index in [-0.39, 0.29) is 11.0 Å². The molecule has 8 nitrogen and oxygen atoms in total. The van der Waals surface area contributed by atoms with E-state index in [9.17, 15) is 9.59 Å². The third-order valence-electron chi connectivity index (χ3n) is 3.97. The number of nitrogens with one attached hydrogen (secondary N) is 3. The van der Waals surface area contributed by atoms with E-state index >= 15 is 0 Å². The molecule has 0 aliphatic rings. The van der Waals surface area contributed by atoms with Crippen molar-refractivity contribution in [3.05, 3.63) is 58.1 Å². The third kappa shape index (κ3) is 7.91. The number of amides is 2. The van der Waals surface area contributed by atoms with Crippen LogP contribution < -0.4 is 20.7 Å². The van der Waals surface area contributed by atoms with E-state index < -0.39 is 5.91 Å². The van der Waals surface area contributed by atoms with Crippen LogP contribution in [0.4, 0.5) is 5.69 Å². The Morgan fingerprint density at radius 2 is 1.71 bits per heavy atom. The van der Waals surface area contributed by atoms with Crippen molar-refractivity contribution in [2.24, 2.45) is 0 Å². The van der Waals surface area contributed by atoms with Crippen molar-refractivity contribution in [3.63, 3.8) is 0 Å². The molecule has 2 amide bonds. The Kier molecular flexibility index (Phi) is 10.4. The molecule has 2 rings (SSSR count). The molecule has 0 aromatic heterocycles. The van der Waals surface area contributed by atoms with Crippen molar-refractivity contribution in [2.45, 2.75) is 0 Å². The van der Waals surface area contributed by atoms with Gasteiger partial charge in [0.05, 0.1) is 30.0 Å². The molecule has 2 aromatic carbocycles. The van der Waals surface area contributed by atoms with E-state index in [0.717, 1.165) is 0 Å². The van der Waals surface area contributed by atoms with Gasteiger partial charge in [-0.05, 0) is 42.5 Å². The summed E-state index contributed by atoms with van der Waals surface area (Å²) in [6.07, 6.45) is 0. The Bertz CT molecular complexity index is 926. The Morgan fingerprint density at radius 3 is 2.45 bits per heavy atom. The van der Waals surface area contributed by atoms with Crippen molar-refractivity contribution < 1.29 is 23.8 Å². The van der Waals surface area contributed by atoms with Crippen LogP contribution in [0.1, 0.15) is 20.7 Å². The molecule has 10 heteroatoms. The molecular formula is C21H24BrN3O5S. The molecule has 31 heavy (non-hydrogen) atoms. The largest absolute Gasteiger partial charge is 0.490 e. The smallest absolute Gasteiger partial charge is 0.261 e. The van der Waals surface area contributed by atoms with E-state index in [1.54, 1.807) is 56.7 Å². The molecule has 0 bridgehead atoms. The number of carbonyl (C=O) groups is 2. The summed E-state index contributed by atoms with van der Waals surface area (Å²) in [7, 11) is 3.13. The maximum atomic E-state index is 12.8. The normalized spacial score (nSPS) is 10.3. The van der Waals surface area contributed by atoms with Crippen LogP contribution >= 0.6 is 28.1 Å². The number of hydrogen-bond donors (Lipinski definition) is 3. The number of thiocarbonyl (C=S) groups is 1. The third-order valence-corrected chi connectivity index (χ3v) is 4.67. The van der Waals surface area contributed by atoms with Crippen LogP contribution in [-0.4, -0.2) is 57.5 Å². The van der Waals surface area contributed by atoms with E-state index in [1.807, 2.05) is 0 Å². The minimum absolute atomic E-state index is 0.0463. The number of anilines is 1. The van der Waals surface area contributed by atoms with Crippen LogP contribution in [0.25, 0.3) is 0 Å². The molecule has 166 valence electrons. The molecule has 0 atom stereocenters. The van der Waals surface area contributed by atoms with Gasteiger partial charge in [0.15, 0.2) is 5.11 Å². The molecule has 0 saturated carbocycles. The SMILES string of the molecule is COCCNC(=O)c1ccccc1NC(=S)NC(=O)c1cc(Br)ccc1OCCOC. The maximum absolute atomic E-state index is 12.8. The van der Waals surface area contributed by atoms with Crippen molar-refractivity contribution in [1.29, 1.82) is 0 Å². The van der Waals surface area contributed by atoms with Crippen LogP contribution in [0.15, 0.2) is 46.9 Å². The molecule has 0 fully saturated rings. The average Bonchev–Trinajstić information content (AvgIpc) is 2.75. The minimum atomic E-state index is -0.451. The van der Waals surface area contributed by atoms with Gasteiger partial charge in [-0.3, -0.25) is 14.9 Å². The average molecular weight is 510 g/mol. The van der Waals surface area contributed by atoms with E-state index in [2.05, 4.69) is 31.9 Å². The summed E-state index contributed by atoms with van der Waals surface area (Å²) in [6, 6.07) is 11.9. The van der Waals surface area contributed by atoms with Gasteiger partial charge in [-0.2, -0.15) is 0 Å². The first kappa shape index (κ1) is 24.7. The van der Waals surface area contributed by atoms with Crippen molar-refractivity contribution in [1.82, 2.24) is 10.6 Å². The Morgan fingerprint density at radius 1 is 0.968 bits per heavy atom. The van der Waals surface area contributed by atoms with Gasteiger partial charge in [0.1, 0.15) is 12.4 Å². The molecular weight excluding hydrogens is 486 g/mol. The molecule has 0 aliphatic heterocycles. The van der Waals surface area contributed by atoms with E-state index in [4.69, 9.17) is 26.4 Å². The van der Waals surface area contributed by atoms with Gasteiger partial charge in [0, 0.05) is 25.2 Å². The van der Waals surface area contributed by atoms with Crippen molar-refractivity contribution in [2.75, 3.05) is 45.9 Å². The highest BCUT2D eigenvalue weighted by molar-refractivity contribution is 9.10. The predicted molar refractivity (Wildman–Crippen MR) is 126 cm³/mol. The number of hydrogen-bond acceptors (Lipinski definition) is 6. The lowest BCUT2D eigenvalue weighted by molar-refractivity contribution is 0.0936. The second-order valence-corrected chi connectivity index (χ2v) is 7.51. The van der Waals surface area contributed by atoms with E-state index in [1.165, 1.54) is 0 Å². The minimum Gasteiger partial charge on any atom is -0.490 e. The van der Waals surface area contributed by atoms with Gasteiger partial charge in [0.25, 0.3) is 11.8 Å². The van der Waals surface area contributed by atoms with Crippen LogP contribution in [-0.2, 0) is 9.47 Å². The topological polar surface area (TPSA) is 97.9 Å². The van der Waals surface area contributed by atoms with Gasteiger partial charge in [-0.15, -0.1) is 0 Å². The molecule has 0 spiro atoms. The quantitative estimate of drug-likeness (QED) is 0.334. The fraction of sp³-hybridized carbons (Fsp3) is 0.286. The van der Waals surface area contributed by atoms with E-state index in [0.29, 0.717) is 53.4 Å². The lowest BCUT2D eigenvalue weighted by Crippen LogP contribution is -2.35. The highest BCUT2D eigenvalue weighted by atomic mass is 79.9. The lowest BCUT2D eigenvalue weighted by Gasteiger charge is -2.15. The summed E-state index contributed by atoms with van der Waals surface area (Å²) in [6.45, 7) is 1.46. The summed E-state index contributed by atoms with van der Waals surface area (Å²) < 4.78 is 16.2. The first-order valence-corrected chi connectivity index (χ1v) is 10.6. The second kappa shape index (κ2) is 13.0. The van der Waals surface area contributed by atoms with Gasteiger partial charge in [-0.25, -0.2) is 0 Å². The fourth-order valence-electron chi connectivity index (χ4n) is 2.52. The monoisotopic (exact) mass is 509 g/mol. The first-order chi connectivity index (χ1) is 15.0. The summed E-state index contributed by atoms with van der Waals surface area (Å²) in [5.41, 5.74) is 1.16. The van der Waals surface area contributed by atoms with Crippen LogP contribution in [0, 0.1) is 0 Å². The lowest BCUT2D eigenvalue weighted by atomic mass is 10.1. The van der Waals surface area contributed by atoms with Crippen molar-refractivity contribution in [3.8, 4) is 5.75 Å². The number of ether oxygens (including phenoxy) is 3. The van der Waals surface area contributed by atoms with Crippen LogP contribution in [0.5, 0.6) is 5.75 Å². The number of para-hydroxylation sites is 1. The highest BCUT2D eigenvalue weighted by Crippen LogP contribution is 2.23. The number of methoxy groups -OCH3 is 2. The number of carbonyl (C=O) groups excluding carboxylic acids is 2. The predicted octanol–water partition coefficient (Wildman–Crippen LogP) is 2.98. The zero-order valence-corrected chi connectivity index (χ0v) is 19.6. The second-order valence-electron chi connectivity index (χ2n) is 6.18. The summed E-state index contributed by atoms with van der Waals surface area (Å²) in [4.78, 5) is 25.2. The maximum Gasteiger partial charge on any atom is 0.261 e. The summed E-state index contributed by atoms with van der Waals surface area (Å²) in [5, 5.41) is 8.32. The number of benzene rings is 2. The Balaban J connectivity index is 2.08. The number of rotatable bonds is 10. The molecule has 0 saturated heterocycles. The fourth-order valence-corrected chi connectivity index (χ4v) is 3.08. The first-order valence-electron chi connectivity index (χ1n) is 9.36. The van der Waals surface area contributed by atoms with Crippen LogP contribution in [0.2, 0.25) is 0 Å². The van der Waals surface area contributed by atoms with Gasteiger partial charge in [0.2, 0.25) is 0 Å². The van der Waals surface area contributed by atoms with Gasteiger partial charge in [-0.1, -0.05) is 28.1 Å². The van der Waals surface area contributed by atoms with Gasteiger partial charge < -0.3 is 24.8 Å². The highest BCUT2D eigenvalue weighted by Gasteiger charge is 2.17. The zero-order chi connectivity index (χ0) is 22.6. The molecule has 0 radical (unpaired) electrons. The molecule has 0 unspecified atom stereocenters. The molecule has 3 N–H and O–H groups in total. The molecule has 0 aliphatic carbocycles. The zero-order valence-electron chi connectivity index (χ0n) is 17.2. The number of halogens is 1. The van der Waals surface area contributed by atoms with Gasteiger partial charge >= 0.3 is 0 Å². The molecule has 2 aromatic rings. The van der Waals surface area contributed by atoms with Crippen molar-refractivity contribution >= 4 is 50.8 Å². The Hall–Kier alpha value is -2.53. The standard InChI is InChI=1S/C21H24BrN3O5S/c1-28-10-9-23-19(26)15-5-3-4-6-17(15)24-21(31)25-20(27)16-13-14(22)7-8-18(16)30-12-11-29-2/h3-8,13H,9-12H2,1-2H3,(H,23,26)(H2,24,25,27,31). The summed E-state index contributed by atoms with van der Waals surface area (Å²) in [5.74, 6) is -0.332. The molecule has 0 heterocycles.